The Labute approximate surface area is 280 Å². The molecule has 0 aromatic heterocycles. The van der Waals surface area contributed by atoms with E-state index in [4.69, 9.17) is 9.47 Å². The van der Waals surface area contributed by atoms with E-state index in [0.717, 1.165) is 38.6 Å². The number of hydrogen-bond acceptors (Lipinski definition) is 6. The highest BCUT2D eigenvalue weighted by atomic mass is 16.5. The molecule has 6 nitrogen and oxygen atoms in total. The third kappa shape index (κ3) is 35.3. The first kappa shape index (κ1) is 43.6. The van der Waals surface area contributed by atoms with Crippen LogP contribution in [0.1, 0.15) is 169 Å². The summed E-state index contributed by atoms with van der Waals surface area (Å²) in [5, 5.41) is 0. The van der Waals surface area contributed by atoms with Gasteiger partial charge >= 0.3 is 11.9 Å². The van der Waals surface area contributed by atoms with E-state index in [1.807, 2.05) is 0 Å². The summed E-state index contributed by atoms with van der Waals surface area (Å²) >= 11 is 0. The van der Waals surface area contributed by atoms with Crippen LogP contribution >= 0.6 is 0 Å². The molecule has 266 valence electrons. The Kier molecular flexibility index (Phi) is 31.5. The first-order valence-corrected chi connectivity index (χ1v) is 19.0. The predicted molar refractivity (Wildman–Crippen MR) is 193 cm³/mol. The van der Waals surface area contributed by atoms with Crippen molar-refractivity contribution >= 4 is 11.9 Å². The van der Waals surface area contributed by atoms with Crippen molar-refractivity contribution in [2.45, 2.75) is 169 Å². The van der Waals surface area contributed by atoms with Crippen LogP contribution in [-0.2, 0) is 19.1 Å². The van der Waals surface area contributed by atoms with Crippen molar-refractivity contribution in [1.82, 2.24) is 9.80 Å². The summed E-state index contributed by atoms with van der Waals surface area (Å²) in [6.45, 7) is 13.9. The van der Waals surface area contributed by atoms with Crippen molar-refractivity contribution in [1.29, 1.82) is 0 Å². The second-order valence-corrected chi connectivity index (χ2v) is 14.1. The van der Waals surface area contributed by atoms with Crippen LogP contribution < -0.4 is 0 Å². The molecule has 0 saturated heterocycles. The van der Waals surface area contributed by atoms with Crippen molar-refractivity contribution in [2.24, 2.45) is 5.92 Å². The molecule has 0 saturated carbocycles. The van der Waals surface area contributed by atoms with E-state index in [1.165, 1.54) is 135 Å². The summed E-state index contributed by atoms with van der Waals surface area (Å²) in [4.78, 5) is 27.8. The van der Waals surface area contributed by atoms with Gasteiger partial charge in [0.15, 0.2) is 0 Å². The smallest absolute Gasteiger partial charge is 0.306 e. The van der Waals surface area contributed by atoms with Crippen molar-refractivity contribution in [3.05, 3.63) is 11.6 Å². The van der Waals surface area contributed by atoms with Gasteiger partial charge < -0.3 is 19.3 Å². The Morgan fingerprint density at radius 1 is 0.578 bits per heavy atom. The van der Waals surface area contributed by atoms with Crippen LogP contribution in [-0.4, -0.2) is 75.2 Å². The molecule has 0 fully saturated rings. The van der Waals surface area contributed by atoms with Crippen LogP contribution in [0.5, 0.6) is 0 Å². The predicted octanol–water partition coefficient (Wildman–Crippen LogP) is 10.1. The van der Waals surface area contributed by atoms with E-state index in [1.54, 1.807) is 0 Å². The van der Waals surface area contributed by atoms with Crippen LogP contribution in [0.3, 0.4) is 0 Å². The number of rotatable bonds is 33. The average Bonchev–Trinajstić information content (AvgIpc) is 2.98. The molecule has 0 aromatic carbocycles. The maximum atomic E-state index is 12.1. The molecular formula is C39H76N2O4. The molecule has 0 heterocycles. The fourth-order valence-corrected chi connectivity index (χ4v) is 5.73. The lowest BCUT2D eigenvalue weighted by Crippen LogP contribution is -2.33. The molecule has 0 radical (unpaired) electrons. The lowest BCUT2D eigenvalue weighted by molar-refractivity contribution is -0.145. The Bertz CT molecular complexity index is 705. The highest BCUT2D eigenvalue weighted by Crippen LogP contribution is 2.15. The van der Waals surface area contributed by atoms with Crippen LogP contribution in [0, 0.1) is 5.92 Å². The molecule has 0 aliphatic rings. The highest BCUT2D eigenvalue weighted by Gasteiger charge is 2.10. The number of carbonyl (C=O) groups is 2. The van der Waals surface area contributed by atoms with E-state index in [2.05, 4.69) is 50.7 Å². The van der Waals surface area contributed by atoms with Gasteiger partial charge in [0, 0.05) is 26.4 Å². The Balaban J connectivity index is 3.68. The summed E-state index contributed by atoms with van der Waals surface area (Å²) in [7, 11) is 4.36. The number of likely N-dealkylation sites (N-methyl/N-ethyl adjacent to an activating group) is 1. The maximum Gasteiger partial charge on any atom is 0.306 e. The Hall–Kier alpha value is -1.40. The normalized spacial score (nSPS) is 12.1. The third-order valence-electron chi connectivity index (χ3n) is 8.64. The molecule has 1 unspecified atom stereocenters. The standard InChI is InChI=1S/C39H76N2O4/c1-36(2)27-21-22-28-37(3)35-39(43)45-34-26-20-16-12-8-10-14-18-24-30-41(32-31-40(5)6)29-23-17-13-9-7-11-15-19-25-33-44-38(4)42/h27,37H,7-26,28-35H2,1-6H3. The van der Waals surface area contributed by atoms with Gasteiger partial charge in [-0.1, -0.05) is 108 Å². The zero-order chi connectivity index (χ0) is 33.4. The van der Waals surface area contributed by atoms with Gasteiger partial charge in [-0.15, -0.1) is 0 Å². The fraction of sp³-hybridized carbons (Fsp3) is 0.897. The van der Waals surface area contributed by atoms with Gasteiger partial charge in [0.25, 0.3) is 0 Å². The van der Waals surface area contributed by atoms with Gasteiger partial charge in [-0.05, 0) is 91.9 Å². The minimum atomic E-state index is -0.163. The van der Waals surface area contributed by atoms with Crippen molar-refractivity contribution in [2.75, 3.05) is 53.5 Å². The lowest BCUT2D eigenvalue weighted by atomic mass is 10.0. The van der Waals surface area contributed by atoms with Crippen molar-refractivity contribution < 1.29 is 19.1 Å². The van der Waals surface area contributed by atoms with Crippen LogP contribution in [0.15, 0.2) is 11.6 Å². The molecule has 45 heavy (non-hydrogen) atoms. The molecule has 0 aliphatic heterocycles. The van der Waals surface area contributed by atoms with E-state index < -0.39 is 0 Å². The van der Waals surface area contributed by atoms with Crippen LogP contribution in [0.25, 0.3) is 0 Å². The molecule has 6 heteroatoms. The topological polar surface area (TPSA) is 59.1 Å². The monoisotopic (exact) mass is 637 g/mol. The first-order chi connectivity index (χ1) is 21.7. The number of carbonyl (C=O) groups excluding carboxylic acids is 2. The minimum Gasteiger partial charge on any atom is -0.466 e. The summed E-state index contributed by atoms with van der Waals surface area (Å²) in [5.74, 6) is 0.237. The third-order valence-corrected chi connectivity index (χ3v) is 8.64. The minimum absolute atomic E-state index is 0.0155. The van der Waals surface area contributed by atoms with E-state index in [9.17, 15) is 9.59 Å². The quantitative estimate of drug-likeness (QED) is 0.0406. The number of unbranched alkanes of at least 4 members (excludes halogenated alkanes) is 17. The van der Waals surface area contributed by atoms with Gasteiger partial charge in [0.1, 0.15) is 0 Å². The van der Waals surface area contributed by atoms with Gasteiger partial charge in [-0.3, -0.25) is 9.59 Å². The van der Waals surface area contributed by atoms with Crippen molar-refractivity contribution in [3.8, 4) is 0 Å². The fourth-order valence-electron chi connectivity index (χ4n) is 5.73. The molecule has 0 rings (SSSR count). The second kappa shape index (κ2) is 32.5. The number of ether oxygens (including phenoxy) is 2. The summed E-state index contributed by atoms with van der Waals surface area (Å²) in [6, 6.07) is 0. The van der Waals surface area contributed by atoms with Gasteiger partial charge in [-0.25, -0.2) is 0 Å². The van der Waals surface area contributed by atoms with E-state index >= 15 is 0 Å². The van der Waals surface area contributed by atoms with Crippen LogP contribution in [0.2, 0.25) is 0 Å². The summed E-state index contributed by atoms with van der Waals surface area (Å²) in [5.41, 5.74) is 1.37. The molecular weight excluding hydrogens is 560 g/mol. The number of hydrogen-bond donors (Lipinski definition) is 0. The van der Waals surface area contributed by atoms with Crippen LogP contribution in [0.4, 0.5) is 0 Å². The largest absolute Gasteiger partial charge is 0.466 e. The molecule has 0 amide bonds. The second-order valence-electron chi connectivity index (χ2n) is 14.1. The van der Waals surface area contributed by atoms with Crippen molar-refractivity contribution in [3.63, 3.8) is 0 Å². The first-order valence-electron chi connectivity index (χ1n) is 19.0. The molecule has 0 N–H and O–H groups in total. The van der Waals surface area contributed by atoms with Gasteiger partial charge in [0.2, 0.25) is 0 Å². The SMILES string of the molecule is CC(=O)OCCCCCCCCCCCN(CCCCCCCCCCCOC(=O)CC(C)CCCC=C(C)C)CCN(C)C. The zero-order valence-corrected chi connectivity index (χ0v) is 31.0. The molecule has 0 spiro atoms. The average molecular weight is 637 g/mol. The van der Waals surface area contributed by atoms with E-state index in [0.29, 0.717) is 25.6 Å². The van der Waals surface area contributed by atoms with Gasteiger partial charge in [-0.2, -0.15) is 0 Å². The lowest BCUT2D eigenvalue weighted by Gasteiger charge is -2.24. The zero-order valence-electron chi connectivity index (χ0n) is 31.0. The molecule has 0 aliphatic carbocycles. The van der Waals surface area contributed by atoms with Gasteiger partial charge in [0.05, 0.1) is 13.2 Å². The Morgan fingerprint density at radius 3 is 1.47 bits per heavy atom. The summed E-state index contributed by atoms with van der Waals surface area (Å²) < 4.78 is 10.5. The summed E-state index contributed by atoms with van der Waals surface area (Å²) in [6.07, 6.45) is 29.1. The number of esters is 2. The number of nitrogens with zero attached hydrogens (tertiary/aromatic N) is 2. The molecule has 0 aromatic rings. The number of allylic oxidation sites excluding steroid dienone is 2. The molecule has 1 atom stereocenters. The molecule has 0 bridgehead atoms. The highest BCUT2D eigenvalue weighted by molar-refractivity contribution is 5.69. The Morgan fingerprint density at radius 2 is 1.02 bits per heavy atom. The maximum absolute atomic E-state index is 12.1. The van der Waals surface area contributed by atoms with E-state index in [-0.39, 0.29) is 11.9 Å².